The minimum atomic E-state index is -0.378. The summed E-state index contributed by atoms with van der Waals surface area (Å²) in [6, 6.07) is 0. The van der Waals surface area contributed by atoms with Crippen LogP contribution in [0.15, 0.2) is 23.8 Å². The van der Waals surface area contributed by atoms with E-state index in [2.05, 4.69) is 39.0 Å². The summed E-state index contributed by atoms with van der Waals surface area (Å²) in [6.07, 6.45) is 27.3. The van der Waals surface area contributed by atoms with Crippen LogP contribution in [0, 0.1) is 5.41 Å². The Morgan fingerprint density at radius 1 is 0.750 bits per heavy atom. The summed E-state index contributed by atoms with van der Waals surface area (Å²) >= 11 is 0. The van der Waals surface area contributed by atoms with Gasteiger partial charge in [0, 0.05) is 5.41 Å². The van der Waals surface area contributed by atoms with Gasteiger partial charge in [0.15, 0.2) is 0 Å². The van der Waals surface area contributed by atoms with Gasteiger partial charge in [0.25, 0.3) is 0 Å². The fraction of sp³-hybridized carbons (Fsp3) is 0.846. The fourth-order valence-corrected chi connectivity index (χ4v) is 3.96. The van der Waals surface area contributed by atoms with E-state index in [0.29, 0.717) is 0 Å². The largest absolute Gasteiger partial charge is 0.342 e. The van der Waals surface area contributed by atoms with Gasteiger partial charge in [0.1, 0.15) is 0 Å². The van der Waals surface area contributed by atoms with Crippen LogP contribution in [-0.2, 0) is 9.47 Å². The Balaban J connectivity index is 1.31. The molecule has 2 rings (SSSR count). The second-order valence-electron chi connectivity index (χ2n) is 9.77. The number of unbranched alkanes of at least 4 members (excludes halogenated alkanes) is 12. The molecule has 1 heterocycles. The zero-order valence-corrected chi connectivity index (χ0v) is 19.1. The van der Waals surface area contributed by atoms with Crippen LogP contribution in [0.25, 0.3) is 0 Å². The third kappa shape index (κ3) is 9.27. The Morgan fingerprint density at radius 3 is 1.82 bits per heavy atom. The lowest BCUT2D eigenvalue weighted by Crippen LogP contribution is -2.40. The molecule has 0 unspecified atom stereocenters. The van der Waals surface area contributed by atoms with E-state index < -0.39 is 0 Å². The van der Waals surface area contributed by atoms with Crippen molar-refractivity contribution in [3.8, 4) is 0 Å². The molecule has 28 heavy (non-hydrogen) atoms. The first-order valence-electron chi connectivity index (χ1n) is 12.2. The van der Waals surface area contributed by atoms with E-state index in [4.69, 9.17) is 9.47 Å². The molecule has 2 heteroatoms. The van der Waals surface area contributed by atoms with Gasteiger partial charge >= 0.3 is 0 Å². The van der Waals surface area contributed by atoms with E-state index in [9.17, 15) is 0 Å². The average molecular weight is 391 g/mol. The molecule has 0 N–H and O–H groups in total. The third-order valence-corrected chi connectivity index (χ3v) is 6.04. The lowest BCUT2D eigenvalue weighted by molar-refractivity contribution is -0.230. The molecule has 1 aliphatic carbocycles. The van der Waals surface area contributed by atoms with Crippen molar-refractivity contribution >= 4 is 0 Å². The summed E-state index contributed by atoms with van der Waals surface area (Å²) in [5.74, 6) is -0.378. The fourth-order valence-electron chi connectivity index (χ4n) is 3.96. The molecule has 0 aromatic rings. The maximum atomic E-state index is 5.96. The second kappa shape index (κ2) is 12.9. The standard InChI is InChI=1S/C26H46O2/c1-4-5-6-7-8-9-10-11-12-13-14-15-16-17-18-19-20-24-21-26(24)27-22-25(2,3)23-28-26/h11-12,21H,4-10,13-20,22-23H2,1-3H3/b12-11-. The van der Waals surface area contributed by atoms with E-state index in [1.807, 2.05) is 0 Å². The van der Waals surface area contributed by atoms with E-state index in [0.717, 1.165) is 19.6 Å². The average Bonchev–Trinajstić information content (AvgIpc) is 3.37. The molecule has 162 valence electrons. The Labute approximate surface area is 175 Å². The third-order valence-electron chi connectivity index (χ3n) is 6.04. The zero-order chi connectivity index (χ0) is 20.1. The molecular formula is C26H46O2. The number of rotatable bonds is 16. The molecule has 0 saturated carbocycles. The van der Waals surface area contributed by atoms with Gasteiger partial charge in [-0.05, 0) is 50.2 Å². The van der Waals surface area contributed by atoms with Gasteiger partial charge in [-0.15, -0.1) is 0 Å². The van der Waals surface area contributed by atoms with Gasteiger partial charge in [-0.1, -0.05) is 90.7 Å². The van der Waals surface area contributed by atoms with Gasteiger partial charge in [-0.2, -0.15) is 0 Å². The molecule has 2 aliphatic rings. The van der Waals surface area contributed by atoms with Crippen molar-refractivity contribution in [2.45, 2.75) is 123 Å². The van der Waals surface area contributed by atoms with E-state index >= 15 is 0 Å². The second-order valence-corrected chi connectivity index (χ2v) is 9.77. The van der Waals surface area contributed by atoms with Crippen molar-refractivity contribution in [2.24, 2.45) is 5.41 Å². The summed E-state index contributed by atoms with van der Waals surface area (Å²) in [4.78, 5) is 0. The molecule has 1 spiro atoms. The number of hydrogen-bond donors (Lipinski definition) is 0. The summed E-state index contributed by atoms with van der Waals surface area (Å²) in [5, 5.41) is 0. The molecule has 2 nitrogen and oxygen atoms in total. The molecular weight excluding hydrogens is 344 g/mol. The van der Waals surface area contributed by atoms with Crippen LogP contribution in [0.5, 0.6) is 0 Å². The summed E-state index contributed by atoms with van der Waals surface area (Å²) in [6.45, 7) is 8.30. The van der Waals surface area contributed by atoms with Crippen molar-refractivity contribution in [3.63, 3.8) is 0 Å². The van der Waals surface area contributed by atoms with Crippen molar-refractivity contribution < 1.29 is 9.47 Å². The monoisotopic (exact) mass is 390 g/mol. The summed E-state index contributed by atoms with van der Waals surface area (Å²) in [5.41, 5.74) is 1.55. The van der Waals surface area contributed by atoms with Crippen molar-refractivity contribution in [1.82, 2.24) is 0 Å². The molecule has 0 radical (unpaired) electrons. The topological polar surface area (TPSA) is 18.5 Å². The maximum Gasteiger partial charge on any atom is 0.211 e. The Hall–Kier alpha value is -0.600. The van der Waals surface area contributed by atoms with E-state index in [1.54, 1.807) is 0 Å². The van der Waals surface area contributed by atoms with Crippen LogP contribution in [0.4, 0.5) is 0 Å². The molecule has 0 atom stereocenters. The van der Waals surface area contributed by atoms with Gasteiger partial charge in [0.05, 0.1) is 13.2 Å². The van der Waals surface area contributed by atoms with Crippen LogP contribution in [-0.4, -0.2) is 19.0 Å². The molecule has 0 aromatic heterocycles. The minimum absolute atomic E-state index is 0.163. The number of ether oxygens (including phenoxy) is 2. The van der Waals surface area contributed by atoms with Crippen LogP contribution < -0.4 is 0 Å². The lowest BCUT2D eigenvalue weighted by Gasteiger charge is -2.36. The highest BCUT2D eigenvalue weighted by molar-refractivity contribution is 5.39. The molecule has 0 aromatic carbocycles. The first-order valence-corrected chi connectivity index (χ1v) is 12.2. The van der Waals surface area contributed by atoms with Gasteiger partial charge in [-0.3, -0.25) is 0 Å². The zero-order valence-electron chi connectivity index (χ0n) is 19.1. The lowest BCUT2D eigenvalue weighted by atomic mass is 9.95. The summed E-state index contributed by atoms with van der Waals surface area (Å²) in [7, 11) is 0. The number of hydrogen-bond acceptors (Lipinski definition) is 2. The van der Waals surface area contributed by atoms with Gasteiger partial charge < -0.3 is 9.47 Å². The Bertz CT molecular complexity index is 465. The molecule has 0 bridgehead atoms. The van der Waals surface area contributed by atoms with Gasteiger partial charge in [-0.25, -0.2) is 0 Å². The SMILES string of the molecule is CCCCCCCC/C=C\CCCCCCCCC1=CC12OCC(C)(C)CO2. The van der Waals surface area contributed by atoms with Crippen LogP contribution in [0.2, 0.25) is 0 Å². The van der Waals surface area contributed by atoms with Crippen LogP contribution >= 0.6 is 0 Å². The highest BCUT2D eigenvalue weighted by Gasteiger charge is 2.50. The summed E-state index contributed by atoms with van der Waals surface area (Å²) < 4.78 is 11.9. The van der Waals surface area contributed by atoms with E-state index in [-0.39, 0.29) is 11.2 Å². The molecule has 1 aliphatic heterocycles. The van der Waals surface area contributed by atoms with Crippen molar-refractivity contribution in [3.05, 3.63) is 23.8 Å². The molecule has 1 fully saturated rings. The smallest absolute Gasteiger partial charge is 0.211 e. The molecule has 1 saturated heterocycles. The first-order chi connectivity index (χ1) is 13.6. The predicted molar refractivity (Wildman–Crippen MR) is 121 cm³/mol. The predicted octanol–water partition coefficient (Wildman–Crippen LogP) is 8.12. The molecule has 0 amide bonds. The van der Waals surface area contributed by atoms with E-state index in [1.165, 1.54) is 95.5 Å². The highest BCUT2D eigenvalue weighted by Crippen LogP contribution is 2.47. The van der Waals surface area contributed by atoms with Crippen LogP contribution in [0.1, 0.15) is 117 Å². The Kier molecular flexibility index (Phi) is 10.9. The van der Waals surface area contributed by atoms with Crippen LogP contribution in [0.3, 0.4) is 0 Å². The maximum absolute atomic E-state index is 5.96. The quantitative estimate of drug-likeness (QED) is 0.196. The normalized spacial score (nSPS) is 20.0. The Morgan fingerprint density at radius 2 is 1.25 bits per heavy atom. The number of allylic oxidation sites excluding steroid dienone is 2. The van der Waals surface area contributed by atoms with Crippen molar-refractivity contribution in [2.75, 3.05) is 13.2 Å². The van der Waals surface area contributed by atoms with Gasteiger partial charge in [0.2, 0.25) is 5.79 Å². The highest BCUT2D eigenvalue weighted by atomic mass is 16.7. The minimum Gasteiger partial charge on any atom is -0.342 e. The van der Waals surface area contributed by atoms with Crippen molar-refractivity contribution in [1.29, 1.82) is 0 Å². The first kappa shape index (κ1) is 23.7.